The van der Waals surface area contributed by atoms with E-state index < -0.39 is 5.97 Å². The number of carbonyl (C=O) groups is 1. The van der Waals surface area contributed by atoms with Gasteiger partial charge in [0.15, 0.2) is 6.61 Å². The molecule has 0 N–H and O–H groups in total. The highest BCUT2D eigenvalue weighted by molar-refractivity contribution is 5.98. The first kappa shape index (κ1) is 13.0. The van der Waals surface area contributed by atoms with Crippen molar-refractivity contribution in [3.63, 3.8) is 0 Å². The van der Waals surface area contributed by atoms with Gasteiger partial charge < -0.3 is 4.74 Å². The van der Waals surface area contributed by atoms with Crippen molar-refractivity contribution in [3.8, 4) is 6.07 Å². The van der Waals surface area contributed by atoms with Gasteiger partial charge in [0, 0.05) is 5.39 Å². The molecule has 0 fully saturated rings. The Bertz CT molecular complexity index is 672. The highest BCUT2D eigenvalue weighted by Crippen LogP contribution is 2.23. The van der Waals surface area contributed by atoms with Crippen LogP contribution in [0.1, 0.15) is 28.5 Å². The summed E-state index contributed by atoms with van der Waals surface area (Å²) in [5.41, 5.74) is 2.91. The smallest absolute Gasteiger partial charge is 0.341 e. The first-order valence-corrected chi connectivity index (χ1v) is 6.11. The number of carbonyl (C=O) groups excluding carboxylic acids is 1. The Morgan fingerprint density at radius 3 is 2.84 bits per heavy atom. The predicted molar refractivity (Wildman–Crippen MR) is 71.8 cm³/mol. The molecule has 1 aromatic heterocycles. The fraction of sp³-hybridized carbons (Fsp3) is 0.267. The van der Waals surface area contributed by atoms with Crippen LogP contribution in [0.5, 0.6) is 0 Å². The fourth-order valence-corrected chi connectivity index (χ4v) is 2.14. The van der Waals surface area contributed by atoms with Crippen molar-refractivity contribution in [2.45, 2.75) is 20.3 Å². The number of aryl methyl sites for hydroxylation is 2. The number of para-hydroxylation sites is 1. The Balaban J connectivity index is 2.61. The number of aromatic nitrogens is 1. The molecule has 0 aliphatic rings. The molecule has 0 radical (unpaired) electrons. The molecule has 0 saturated heterocycles. The van der Waals surface area contributed by atoms with Gasteiger partial charge in [0.25, 0.3) is 0 Å². The van der Waals surface area contributed by atoms with Gasteiger partial charge in [0.1, 0.15) is 6.07 Å². The lowest BCUT2D eigenvalue weighted by Crippen LogP contribution is -2.12. The topological polar surface area (TPSA) is 63.0 Å². The molecule has 2 rings (SSSR count). The number of hydrogen-bond acceptors (Lipinski definition) is 4. The molecule has 0 saturated carbocycles. The predicted octanol–water partition coefficient (Wildman–Crippen LogP) is 2.79. The van der Waals surface area contributed by atoms with Crippen molar-refractivity contribution in [1.82, 2.24) is 4.98 Å². The van der Waals surface area contributed by atoms with Crippen LogP contribution in [0.3, 0.4) is 0 Å². The Kier molecular flexibility index (Phi) is 3.76. The summed E-state index contributed by atoms with van der Waals surface area (Å²) in [6.07, 6.45) is 0.642. The van der Waals surface area contributed by atoms with Crippen LogP contribution >= 0.6 is 0 Å². The zero-order chi connectivity index (χ0) is 13.8. The first-order valence-electron chi connectivity index (χ1n) is 6.11. The first-order chi connectivity index (χ1) is 9.19. The third-order valence-electron chi connectivity index (χ3n) is 3.03. The van der Waals surface area contributed by atoms with E-state index in [1.54, 1.807) is 6.07 Å². The van der Waals surface area contributed by atoms with Gasteiger partial charge in [-0.3, -0.25) is 4.98 Å². The van der Waals surface area contributed by atoms with Gasteiger partial charge in [0.05, 0.1) is 16.8 Å². The van der Waals surface area contributed by atoms with Gasteiger partial charge >= 0.3 is 5.97 Å². The van der Waals surface area contributed by atoms with E-state index in [9.17, 15) is 4.79 Å². The molecule has 0 aliphatic carbocycles. The van der Waals surface area contributed by atoms with Crippen LogP contribution in [0.2, 0.25) is 0 Å². The molecule has 0 atom stereocenters. The minimum absolute atomic E-state index is 0.242. The van der Waals surface area contributed by atoms with E-state index >= 15 is 0 Å². The summed E-state index contributed by atoms with van der Waals surface area (Å²) in [5, 5.41) is 9.42. The van der Waals surface area contributed by atoms with Crippen LogP contribution in [0.15, 0.2) is 24.3 Å². The fourth-order valence-electron chi connectivity index (χ4n) is 2.14. The molecule has 1 heterocycles. The van der Waals surface area contributed by atoms with Crippen molar-refractivity contribution in [2.75, 3.05) is 6.61 Å². The third-order valence-corrected chi connectivity index (χ3v) is 3.03. The molecule has 19 heavy (non-hydrogen) atoms. The maximum absolute atomic E-state index is 12.0. The second-order valence-electron chi connectivity index (χ2n) is 4.16. The van der Waals surface area contributed by atoms with Crippen molar-refractivity contribution in [2.24, 2.45) is 0 Å². The number of nitrogens with zero attached hydrogens (tertiary/aromatic N) is 2. The second kappa shape index (κ2) is 5.49. The summed E-state index contributed by atoms with van der Waals surface area (Å²) >= 11 is 0. The number of rotatable bonds is 3. The molecule has 0 aliphatic heterocycles. The minimum atomic E-state index is -0.478. The largest absolute Gasteiger partial charge is 0.447 e. The lowest BCUT2D eigenvalue weighted by Gasteiger charge is -2.12. The van der Waals surface area contributed by atoms with Crippen molar-refractivity contribution in [3.05, 3.63) is 41.1 Å². The van der Waals surface area contributed by atoms with Gasteiger partial charge in [0.2, 0.25) is 0 Å². The highest BCUT2D eigenvalue weighted by atomic mass is 16.5. The molecule has 0 amide bonds. The molecule has 0 bridgehead atoms. The van der Waals surface area contributed by atoms with Gasteiger partial charge in [-0.1, -0.05) is 25.1 Å². The van der Waals surface area contributed by atoms with Gasteiger partial charge in [-0.15, -0.1) is 0 Å². The van der Waals surface area contributed by atoms with E-state index in [1.165, 1.54) is 0 Å². The van der Waals surface area contributed by atoms with E-state index in [0.717, 1.165) is 16.5 Å². The van der Waals surface area contributed by atoms with Crippen LogP contribution in [0.4, 0.5) is 0 Å². The number of hydrogen-bond donors (Lipinski definition) is 0. The molecule has 1 aromatic carbocycles. The van der Waals surface area contributed by atoms with E-state index in [2.05, 4.69) is 4.98 Å². The number of benzene rings is 1. The Labute approximate surface area is 111 Å². The summed E-state index contributed by atoms with van der Waals surface area (Å²) in [5.74, 6) is -0.478. The monoisotopic (exact) mass is 254 g/mol. The van der Waals surface area contributed by atoms with Gasteiger partial charge in [-0.2, -0.15) is 5.26 Å². The van der Waals surface area contributed by atoms with Crippen LogP contribution in [0, 0.1) is 18.3 Å². The number of nitriles is 1. The number of pyridine rings is 1. The van der Waals surface area contributed by atoms with E-state index in [1.807, 2.05) is 38.1 Å². The van der Waals surface area contributed by atoms with Crippen molar-refractivity contribution < 1.29 is 9.53 Å². The normalized spacial score (nSPS) is 10.2. The van der Waals surface area contributed by atoms with E-state index in [-0.39, 0.29) is 6.61 Å². The third kappa shape index (κ3) is 2.41. The standard InChI is InChI=1S/C15H14N2O2/c1-3-12-14(15(18)19-9-8-16)10(2)11-6-4-5-7-13(11)17-12/h4-7H,3,9H2,1-2H3. The molecule has 2 aromatic rings. The summed E-state index contributed by atoms with van der Waals surface area (Å²) < 4.78 is 4.91. The molecule has 0 unspecified atom stereocenters. The number of fused-ring (bicyclic) bond motifs is 1. The number of esters is 1. The lowest BCUT2D eigenvalue weighted by atomic mass is 10.0. The summed E-state index contributed by atoms with van der Waals surface area (Å²) in [6.45, 7) is 3.58. The molecule has 4 nitrogen and oxygen atoms in total. The van der Waals surface area contributed by atoms with E-state index in [4.69, 9.17) is 10.00 Å². The highest BCUT2D eigenvalue weighted by Gasteiger charge is 2.18. The Hall–Kier alpha value is -2.41. The van der Waals surface area contributed by atoms with Crippen molar-refractivity contribution in [1.29, 1.82) is 5.26 Å². The summed E-state index contributed by atoms with van der Waals surface area (Å²) in [7, 11) is 0. The summed E-state index contributed by atoms with van der Waals surface area (Å²) in [4.78, 5) is 16.5. The summed E-state index contributed by atoms with van der Waals surface area (Å²) in [6, 6.07) is 9.48. The average molecular weight is 254 g/mol. The average Bonchev–Trinajstić information content (AvgIpc) is 2.44. The maximum Gasteiger partial charge on any atom is 0.341 e. The molecule has 4 heteroatoms. The Morgan fingerprint density at radius 2 is 2.16 bits per heavy atom. The molecular weight excluding hydrogens is 240 g/mol. The van der Waals surface area contributed by atoms with Crippen LogP contribution < -0.4 is 0 Å². The van der Waals surface area contributed by atoms with E-state index in [0.29, 0.717) is 17.7 Å². The quantitative estimate of drug-likeness (QED) is 0.790. The van der Waals surface area contributed by atoms with Gasteiger partial charge in [-0.25, -0.2) is 4.79 Å². The minimum Gasteiger partial charge on any atom is -0.447 e. The van der Waals surface area contributed by atoms with Gasteiger partial charge in [-0.05, 0) is 25.0 Å². The van der Waals surface area contributed by atoms with Crippen molar-refractivity contribution >= 4 is 16.9 Å². The van der Waals surface area contributed by atoms with Crippen LogP contribution in [-0.4, -0.2) is 17.6 Å². The molecule has 96 valence electrons. The molecule has 0 spiro atoms. The SMILES string of the molecule is CCc1nc2ccccc2c(C)c1C(=O)OCC#N. The number of ether oxygens (including phenoxy) is 1. The second-order valence-corrected chi connectivity index (χ2v) is 4.16. The van der Waals surface area contributed by atoms with Crippen LogP contribution in [-0.2, 0) is 11.2 Å². The Morgan fingerprint density at radius 1 is 1.42 bits per heavy atom. The lowest BCUT2D eigenvalue weighted by molar-refractivity contribution is 0.0552. The zero-order valence-corrected chi connectivity index (χ0v) is 10.9. The maximum atomic E-state index is 12.0. The van der Waals surface area contributed by atoms with Crippen LogP contribution in [0.25, 0.3) is 10.9 Å². The molecular formula is C15H14N2O2. The zero-order valence-electron chi connectivity index (χ0n) is 10.9.